The highest BCUT2D eigenvalue weighted by Gasteiger charge is 2.49. The molecule has 0 saturated carbocycles. The number of rotatable bonds is 4. The van der Waals surface area contributed by atoms with Crippen molar-refractivity contribution < 1.29 is 19.5 Å². The van der Waals surface area contributed by atoms with E-state index < -0.39 is 35.7 Å². The molecule has 2 aromatic rings. The van der Waals surface area contributed by atoms with E-state index in [2.05, 4.69) is 4.98 Å². The molecule has 1 aromatic carbocycles. The van der Waals surface area contributed by atoms with Gasteiger partial charge in [-0.25, -0.2) is 0 Å². The van der Waals surface area contributed by atoms with Crippen LogP contribution in [-0.2, 0) is 20.8 Å². The minimum Gasteiger partial charge on any atom is -0.548 e. The predicted octanol–water partition coefficient (Wildman–Crippen LogP) is 0.780. The van der Waals surface area contributed by atoms with Gasteiger partial charge in [0.05, 0.1) is 23.8 Å². The maximum Gasteiger partial charge on any atom is 0.234 e. The number of hydrogen-bond donors (Lipinski definition) is 1. The number of aliphatic carboxylic acids is 1. The number of likely N-dealkylation sites (tertiary alicyclic amines) is 1. The molecule has 4 rings (SSSR count). The van der Waals surface area contributed by atoms with Crippen LogP contribution in [0.15, 0.2) is 42.6 Å². The standard InChI is InChI=1S/C19H18N2O4/c22-17-13-6-1-2-7-14(13)18(23)21(17)16(19(24)25)9-11-10-20-15-8-4-3-5-12(11)15/h1-5,8,10,13-14,16,20H,6-7,9H2,(H,24,25)/p-1/t13-,14+,16-/m0/s1. The van der Waals surface area contributed by atoms with Gasteiger partial charge in [0.25, 0.3) is 0 Å². The lowest BCUT2D eigenvalue weighted by atomic mass is 9.85. The van der Waals surface area contributed by atoms with Crippen LogP contribution in [0.2, 0.25) is 0 Å². The number of carbonyl (C=O) groups is 3. The molecule has 0 unspecified atom stereocenters. The summed E-state index contributed by atoms with van der Waals surface area (Å²) in [6, 6.07) is 6.22. The molecule has 1 aliphatic heterocycles. The number of carboxylic acid groups (broad SMARTS) is 1. The molecular formula is C19H17N2O4-. The van der Waals surface area contributed by atoms with Crippen molar-refractivity contribution in [2.45, 2.75) is 25.3 Å². The molecule has 1 fully saturated rings. The molecule has 6 nitrogen and oxygen atoms in total. The highest BCUT2D eigenvalue weighted by atomic mass is 16.4. The SMILES string of the molecule is O=C([O-])[C@H](Cc1c[nH]c2ccccc12)N1C(=O)[C@H]2CC=CC[C@H]2C1=O. The van der Waals surface area contributed by atoms with Gasteiger partial charge in [0, 0.05) is 23.5 Å². The van der Waals surface area contributed by atoms with Gasteiger partial charge in [-0.05, 0) is 24.5 Å². The fraction of sp³-hybridized carbons (Fsp3) is 0.316. The van der Waals surface area contributed by atoms with Gasteiger partial charge in [-0.1, -0.05) is 30.4 Å². The van der Waals surface area contributed by atoms with E-state index >= 15 is 0 Å². The summed E-state index contributed by atoms with van der Waals surface area (Å²) < 4.78 is 0. The summed E-state index contributed by atoms with van der Waals surface area (Å²) in [6.45, 7) is 0. The van der Waals surface area contributed by atoms with Crippen LogP contribution in [0.25, 0.3) is 10.9 Å². The lowest BCUT2D eigenvalue weighted by Gasteiger charge is -2.27. The Hall–Kier alpha value is -2.89. The molecule has 0 spiro atoms. The second-order valence-electron chi connectivity index (χ2n) is 6.60. The fourth-order valence-corrected chi connectivity index (χ4v) is 3.92. The van der Waals surface area contributed by atoms with Crippen molar-refractivity contribution in [3.05, 3.63) is 48.2 Å². The van der Waals surface area contributed by atoms with E-state index in [0.717, 1.165) is 21.4 Å². The molecule has 0 radical (unpaired) electrons. The van der Waals surface area contributed by atoms with Gasteiger partial charge in [0.2, 0.25) is 11.8 Å². The third kappa shape index (κ3) is 2.45. The molecule has 3 atom stereocenters. The largest absolute Gasteiger partial charge is 0.548 e. The average molecular weight is 337 g/mol. The van der Waals surface area contributed by atoms with Crippen LogP contribution in [-0.4, -0.2) is 33.7 Å². The van der Waals surface area contributed by atoms with Gasteiger partial charge in [-0.15, -0.1) is 0 Å². The summed E-state index contributed by atoms with van der Waals surface area (Å²) in [4.78, 5) is 41.1. The molecule has 1 aliphatic carbocycles. The van der Waals surface area contributed by atoms with Crippen molar-refractivity contribution in [2.24, 2.45) is 11.8 Å². The number of fused-ring (bicyclic) bond motifs is 2. The maximum atomic E-state index is 12.7. The highest BCUT2D eigenvalue weighted by molar-refractivity contribution is 6.08. The predicted molar refractivity (Wildman–Crippen MR) is 88.0 cm³/mol. The molecule has 128 valence electrons. The quantitative estimate of drug-likeness (QED) is 0.659. The molecule has 1 saturated heterocycles. The number of nitrogens with zero attached hydrogens (tertiary/aromatic N) is 1. The molecule has 6 heteroatoms. The zero-order valence-corrected chi connectivity index (χ0v) is 13.5. The Morgan fingerprint density at radius 1 is 1.16 bits per heavy atom. The number of aromatic nitrogens is 1. The van der Waals surface area contributed by atoms with Crippen molar-refractivity contribution in [3.8, 4) is 0 Å². The normalized spacial score (nSPS) is 23.9. The molecule has 0 bridgehead atoms. The first kappa shape index (κ1) is 15.6. The van der Waals surface area contributed by atoms with Gasteiger partial charge in [-0.3, -0.25) is 14.5 Å². The Morgan fingerprint density at radius 3 is 2.44 bits per heavy atom. The van der Waals surface area contributed by atoms with Crippen LogP contribution in [0.3, 0.4) is 0 Å². The molecule has 2 amide bonds. The van der Waals surface area contributed by atoms with Crippen LogP contribution in [0.4, 0.5) is 0 Å². The van der Waals surface area contributed by atoms with Crippen molar-refractivity contribution in [2.75, 3.05) is 0 Å². The first-order valence-corrected chi connectivity index (χ1v) is 8.35. The second kappa shape index (κ2) is 5.88. The summed E-state index contributed by atoms with van der Waals surface area (Å²) in [5, 5.41) is 12.6. The van der Waals surface area contributed by atoms with E-state index in [-0.39, 0.29) is 6.42 Å². The smallest absolute Gasteiger partial charge is 0.234 e. The van der Waals surface area contributed by atoms with Crippen molar-refractivity contribution in [3.63, 3.8) is 0 Å². The van der Waals surface area contributed by atoms with Crippen LogP contribution in [0.1, 0.15) is 18.4 Å². The first-order chi connectivity index (χ1) is 12.1. The summed E-state index contributed by atoms with van der Waals surface area (Å²) in [5.41, 5.74) is 1.63. The number of hydrogen-bond acceptors (Lipinski definition) is 4. The Bertz CT molecular complexity index is 872. The molecule has 2 heterocycles. The van der Waals surface area contributed by atoms with E-state index in [4.69, 9.17) is 0 Å². The topological polar surface area (TPSA) is 93.3 Å². The number of carboxylic acids is 1. The maximum absolute atomic E-state index is 12.7. The molecule has 2 aliphatic rings. The highest BCUT2D eigenvalue weighted by Crippen LogP contribution is 2.36. The van der Waals surface area contributed by atoms with Crippen molar-refractivity contribution in [1.82, 2.24) is 9.88 Å². The molecule has 25 heavy (non-hydrogen) atoms. The van der Waals surface area contributed by atoms with Gasteiger partial charge in [0.1, 0.15) is 0 Å². The van der Waals surface area contributed by atoms with E-state index in [9.17, 15) is 19.5 Å². The number of para-hydroxylation sites is 1. The number of amides is 2. The number of H-pyrrole nitrogens is 1. The van der Waals surface area contributed by atoms with Gasteiger partial charge in [-0.2, -0.15) is 0 Å². The third-order valence-corrected chi connectivity index (χ3v) is 5.21. The summed E-state index contributed by atoms with van der Waals surface area (Å²) in [5.74, 6) is -3.08. The number of aromatic amines is 1. The van der Waals surface area contributed by atoms with Gasteiger partial charge in [0.15, 0.2) is 0 Å². The minimum absolute atomic E-state index is 0.0384. The van der Waals surface area contributed by atoms with Crippen LogP contribution in [0.5, 0.6) is 0 Å². The van der Waals surface area contributed by atoms with Crippen LogP contribution in [0, 0.1) is 11.8 Å². The average Bonchev–Trinajstić information content (AvgIpc) is 3.13. The number of carbonyl (C=O) groups excluding carboxylic acids is 3. The van der Waals surface area contributed by atoms with Crippen molar-refractivity contribution in [1.29, 1.82) is 0 Å². The number of nitrogens with one attached hydrogen (secondary N) is 1. The number of benzene rings is 1. The summed E-state index contributed by atoms with van der Waals surface area (Å²) in [7, 11) is 0. The van der Waals surface area contributed by atoms with E-state index in [0.29, 0.717) is 12.8 Å². The lowest BCUT2D eigenvalue weighted by Crippen LogP contribution is -2.52. The Kier molecular flexibility index (Phi) is 3.67. The summed E-state index contributed by atoms with van der Waals surface area (Å²) >= 11 is 0. The molecule has 1 aromatic heterocycles. The Morgan fingerprint density at radius 2 is 1.80 bits per heavy atom. The number of allylic oxidation sites excluding steroid dienone is 2. The molecular weight excluding hydrogens is 320 g/mol. The van der Waals surface area contributed by atoms with Crippen LogP contribution >= 0.6 is 0 Å². The second-order valence-corrected chi connectivity index (χ2v) is 6.60. The van der Waals surface area contributed by atoms with E-state index in [1.807, 2.05) is 36.4 Å². The number of imide groups is 1. The lowest BCUT2D eigenvalue weighted by molar-refractivity contribution is -0.310. The Labute approximate surface area is 144 Å². The Balaban J connectivity index is 1.67. The minimum atomic E-state index is -1.40. The van der Waals surface area contributed by atoms with Crippen molar-refractivity contribution >= 4 is 28.7 Å². The first-order valence-electron chi connectivity index (χ1n) is 8.35. The molecule has 1 N–H and O–H groups in total. The van der Waals surface area contributed by atoms with E-state index in [1.54, 1.807) is 6.20 Å². The van der Waals surface area contributed by atoms with Gasteiger partial charge < -0.3 is 14.9 Å². The van der Waals surface area contributed by atoms with E-state index in [1.165, 1.54) is 0 Å². The van der Waals surface area contributed by atoms with Gasteiger partial charge >= 0.3 is 0 Å². The van der Waals surface area contributed by atoms with Crippen LogP contribution < -0.4 is 5.11 Å². The zero-order valence-electron chi connectivity index (χ0n) is 13.5. The fourth-order valence-electron chi connectivity index (χ4n) is 3.92. The zero-order chi connectivity index (χ0) is 17.6. The monoisotopic (exact) mass is 337 g/mol. The summed E-state index contributed by atoms with van der Waals surface area (Å²) in [6.07, 6.45) is 6.49. The third-order valence-electron chi connectivity index (χ3n) is 5.21.